The summed E-state index contributed by atoms with van der Waals surface area (Å²) in [5, 5.41) is 3.78. The highest BCUT2D eigenvalue weighted by molar-refractivity contribution is 6.04. The van der Waals surface area contributed by atoms with Gasteiger partial charge in [-0.25, -0.2) is 9.59 Å². The number of oxime groups is 1. The maximum absolute atomic E-state index is 12.9. The van der Waals surface area contributed by atoms with Gasteiger partial charge < -0.3 is 24.8 Å². The van der Waals surface area contributed by atoms with Crippen LogP contribution in [0.3, 0.4) is 0 Å². The van der Waals surface area contributed by atoms with Gasteiger partial charge in [0.1, 0.15) is 0 Å². The van der Waals surface area contributed by atoms with E-state index in [4.69, 9.17) is 24.8 Å². The fourth-order valence-corrected chi connectivity index (χ4v) is 3.32. The van der Waals surface area contributed by atoms with Crippen molar-refractivity contribution in [3.05, 3.63) is 83.4 Å². The van der Waals surface area contributed by atoms with Crippen LogP contribution in [0.15, 0.2) is 71.9 Å². The van der Waals surface area contributed by atoms with Gasteiger partial charge in [0.15, 0.2) is 17.3 Å². The van der Waals surface area contributed by atoms with E-state index in [9.17, 15) is 9.59 Å². The molecule has 0 aromatic heterocycles. The molecule has 33 heavy (non-hydrogen) atoms. The van der Waals surface area contributed by atoms with Crippen molar-refractivity contribution < 1.29 is 28.6 Å². The summed E-state index contributed by atoms with van der Waals surface area (Å²) in [7, 11) is 0. The lowest BCUT2D eigenvalue weighted by Gasteiger charge is -2.13. The van der Waals surface area contributed by atoms with E-state index in [2.05, 4.69) is 5.16 Å². The lowest BCUT2D eigenvalue weighted by atomic mass is 9.95. The minimum absolute atomic E-state index is 0.0000393. The first-order valence-electron chi connectivity index (χ1n) is 10.3. The molecular formula is C25H22N2O6. The molecule has 0 unspecified atom stereocenters. The van der Waals surface area contributed by atoms with Crippen LogP contribution in [0.4, 0.5) is 0 Å². The van der Waals surface area contributed by atoms with Crippen LogP contribution in [0.2, 0.25) is 0 Å². The monoisotopic (exact) mass is 446 g/mol. The van der Waals surface area contributed by atoms with E-state index in [1.54, 1.807) is 80.6 Å². The van der Waals surface area contributed by atoms with Gasteiger partial charge in [-0.3, -0.25) is 0 Å². The van der Waals surface area contributed by atoms with Crippen molar-refractivity contribution in [2.75, 3.05) is 6.79 Å². The van der Waals surface area contributed by atoms with Crippen LogP contribution in [0, 0.1) is 0 Å². The highest BCUT2D eigenvalue weighted by Gasteiger charge is 2.21. The molecular weight excluding hydrogens is 424 g/mol. The van der Waals surface area contributed by atoms with Crippen LogP contribution < -0.4 is 15.2 Å². The van der Waals surface area contributed by atoms with Gasteiger partial charge in [0.05, 0.1) is 17.2 Å². The first-order chi connectivity index (χ1) is 15.9. The van der Waals surface area contributed by atoms with Gasteiger partial charge in [-0.05, 0) is 55.3 Å². The molecule has 8 heteroatoms. The topological polar surface area (TPSA) is 109 Å². The number of hydrogen-bond acceptors (Lipinski definition) is 7. The van der Waals surface area contributed by atoms with E-state index in [0.29, 0.717) is 33.8 Å². The first-order valence-corrected chi connectivity index (χ1v) is 10.3. The number of carbonyl (C=O) groups excluding carboxylic acids is 2. The SMILES string of the molecule is CC(C)OC(=O)c1ccccc1-c1ccccc1C(=O)ON=C(N)c1ccc2c(c1)OCO2. The molecule has 0 saturated carbocycles. The molecule has 0 saturated heterocycles. The molecule has 0 amide bonds. The van der Waals surface area contributed by atoms with Crippen LogP contribution in [-0.2, 0) is 9.57 Å². The van der Waals surface area contributed by atoms with Gasteiger partial charge in [0.25, 0.3) is 0 Å². The van der Waals surface area contributed by atoms with Crippen molar-refractivity contribution in [1.29, 1.82) is 0 Å². The minimum atomic E-state index is -0.721. The van der Waals surface area contributed by atoms with E-state index >= 15 is 0 Å². The summed E-state index contributed by atoms with van der Waals surface area (Å²) in [4.78, 5) is 30.6. The Balaban J connectivity index is 1.60. The van der Waals surface area contributed by atoms with E-state index < -0.39 is 11.9 Å². The molecule has 3 aromatic carbocycles. The zero-order valence-corrected chi connectivity index (χ0v) is 18.1. The molecule has 1 aliphatic rings. The Hall–Kier alpha value is -4.33. The lowest BCUT2D eigenvalue weighted by molar-refractivity contribution is 0.0377. The van der Waals surface area contributed by atoms with Gasteiger partial charge >= 0.3 is 11.9 Å². The zero-order valence-electron chi connectivity index (χ0n) is 18.1. The standard InChI is InChI=1S/C25H22N2O6/c1-15(2)32-24(28)19-9-5-3-7-17(19)18-8-4-6-10-20(18)25(29)33-27-23(26)16-11-12-21-22(13-16)31-14-30-21/h3-13,15H,14H2,1-2H3,(H2,26,27). The maximum atomic E-state index is 12.9. The summed E-state index contributed by atoms with van der Waals surface area (Å²) in [6, 6.07) is 18.7. The van der Waals surface area contributed by atoms with E-state index in [-0.39, 0.29) is 24.3 Å². The second-order valence-electron chi connectivity index (χ2n) is 7.47. The quantitative estimate of drug-likeness (QED) is 0.199. The van der Waals surface area contributed by atoms with Crippen molar-refractivity contribution in [3.8, 4) is 22.6 Å². The Morgan fingerprint density at radius 1 is 0.879 bits per heavy atom. The summed E-state index contributed by atoms with van der Waals surface area (Å²) >= 11 is 0. The molecule has 3 aromatic rings. The van der Waals surface area contributed by atoms with Crippen LogP contribution in [0.25, 0.3) is 11.1 Å². The Morgan fingerprint density at radius 2 is 1.48 bits per heavy atom. The van der Waals surface area contributed by atoms with Gasteiger partial charge in [0.2, 0.25) is 6.79 Å². The van der Waals surface area contributed by atoms with Gasteiger partial charge in [-0.2, -0.15) is 0 Å². The summed E-state index contributed by atoms with van der Waals surface area (Å²) < 4.78 is 15.9. The minimum Gasteiger partial charge on any atom is -0.459 e. The number of nitrogens with two attached hydrogens (primary N) is 1. The first kappa shape index (κ1) is 21.9. The number of ether oxygens (including phenoxy) is 3. The molecule has 1 aliphatic heterocycles. The Bertz CT molecular complexity index is 1240. The zero-order chi connectivity index (χ0) is 23.4. The fraction of sp³-hybridized carbons (Fsp3) is 0.160. The molecule has 0 aliphatic carbocycles. The van der Waals surface area contributed by atoms with Crippen LogP contribution >= 0.6 is 0 Å². The molecule has 0 radical (unpaired) electrons. The number of rotatable bonds is 6. The number of carbonyl (C=O) groups is 2. The molecule has 8 nitrogen and oxygen atoms in total. The van der Waals surface area contributed by atoms with Crippen LogP contribution in [0.5, 0.6) is 11.5 Å². The van der Waals surface area contributed by atoms with Crippen molar-refractivity contribution in [3.63, 3.8) is 0 Å². The highest BCUT2D eigenvalue weighted by atomic mass is 16.7. The summed E-state index contributed by atoms with van der Waals surface area (Å²) in [6.45, 7) is 3.68. The number of amidine groups is 1. The smallest absolute Gasteiger partial charge is 0.366 e. The number of fused-ring (bicyclic) bond motifs is 1. The highest BCUT2D eigenvalue weighted by Crippen LogP contribution is 2.32. The second-order valence-corrected chi connectivity index (χ2v) is 7.47. The number of hydrogen-bond donors (Lipinski definition) is 1. The molecule has 0 fully saturated rings. The average Bonchev–Trinajstić information content (AvgIpc) is 3.30. The molecule has 0 atom stereocenters. The van der Waals surface area contributed by atoms with E-state index in [1.807, 2.05) is 0 Å². The predicted molar refractivity (Wildman–Crippen MR) is 121 cm³/mol. The Labute approximate surface area is 190 Å². The second kappa shape index (κ2) is 9.44. The summed E-state index contributed by atoms with van der Waals surface area (Å²) in [5.74, 6) is -0.0606. The molecule has 2 N–H and O–H groups in total. The van der Waals surface area contributed by atoms with Gasteiger partial charge in [-0.15, -0.1) is 0 Å². The van der Waals surface area contributed by atoms with Crippen LogP contribution in [-0.4, -0.2) is 30.7 Å². The predicted octanol–water partition coefficient (Wildman–Crippen LogP) is 4.12. The number of nitrogens with zero attached hydrogens (tertiary/aromatic N) is 1. The third kappa shape index (κ3) is 4.79. The normalized spacial score (nSPS) is 12.5. The average molecular weight is 446 g/mol. The van der Waals surface area contributed by atoms with Crippen molar-refractivity contribution in [2.24, 2.45) is 10.9 Å². The number of benzene rings is 3. The fourth-order valence-electron chi connectivity index (χ4n) is 3.32. The van der Waals surface area contributed by atoms with Gasteiger partial charge in [-0.1, -0.05) is 41.6 Å². The third-order valence-electron chi connectivity index (χ3n) is 4.82. The molecule has 1 heterocycles. The van der Waals surface area contributed by atoms with Crippen molar-refractivity contribution in [2.45, 2.75) is 20.0 Å². The van der Waals surface area contributed by atoms with Crippen molar-refractivity contribution >= 4 is 17.8 Å². The third-order valence-corrected chi connectivity index (χ3v) is 4.82. The van der Waals surface area contributed by atoms with E-state index in [0.717, 1.165) is 0 Å². The van der Waals surface area contributed by atoms with Crippen LogP contribution in [0.1, 0.15) is 40.1 Å². The largest absolute Gasteiger partial charge is 0.459 e. The molecule has 0 spiro atoms. The Morgan fingerprint density at radius 3 is 2.15 bits per heavy atom. The van der Waals surface area contributed by atoms with Crippen molar-refractivity contribution in [1.82, 2.24) is 0 Å². The molecule has 0 bridgehead atoms. The molecule has 168 valence electrons. The molecule has 4 rings (SSSR count). The lowest BCUT2D eigenvalue weighted by Crippen LogP contribution is -2.16. The maximum Gasteiger partial charge on any atom is 0.366 e. The Kier molecular flexibility index (Phi) is 6.26. The summed E-state index contributed by atoms with van der Waals surface area (Å²) in [5.41, 5.74) is 8.13. The van der Waals surface area contributed by atoms with Gasteiger partial charge in [0, 0.05) is 5.56 Å². The number of esters is 1. The summed E-state index contributed by atoms with van der Waals surface area (Å²) in [6.07, 6.45) is -0.278. The van der Waals surface area contributed by atoms with E-state index in [1.165, 1.54) is 0 Å².